The summed E-state index contributed by atoms with van der Waals surface area (Å²) in [5, 5.41) is 3.93. The molecule has 0 bridgehead atoms. The number of hydrogen-bond acceptors (Lipinski definition) is 5. The number of rotatable bonds is 5. The maximum absolute atomic E-state index is 12.8. The molecule has 0 saturated heterocycles. The molecule has 1 N–H and O–H groups in total. The van der Waals surface area contributed by atoms with Crippen molar-refractivity contribution in [1.29, 1.82) is 0 Å². The van der Waals surface area contributed by atoms with Gasteiger partial charge in [0.05, 0.1) is 12.1 Å². The van der Waals surface area contributed by atoms with Crippen molar-refractivity contribution in [3.05, 3.63) is 65.4 Å². The standard InChI is InChI=1S/C21H20N2O2S2/c1-26-27-19-9-7-17(16-5-2-10-22-20(16)19)21(24)23-13-14-6-8-18-15(12-14)4-3-11-25-18/h2,5-10,12H,3-4,11,13H2,1H3,(H,23,24). The summed E-state index contributed by atoms with van der Waals surface area (Å²) in [6, 6.07) is 13.8. The molecule has 0 fully saturated rings. The van der Waals surface area contributed by atoms with Crippen molar-refractivity contribution in [3.8, 4) is 5.75 Å². The van der Waals surface area contributed by atoms with Crippen LogP contribution < -0.4 is 10.1 Å². The first-order chi connectivity index (χ1) is 13.3. The van der Waals surface area contributed by atoms with E-state index in [-0.39, 0.29) is 5.91 Å². The Hall–Kier alpha value is -2.18. The van der Waals surface area contributed by atoms with Crippen LogP contribution in [0, 0.1) is 0 Å². The molecule has 27 heavy (non-hydrogen) atoms. The molecular weight excluding hydrogens is 376 g/mol. The molecule has 0 radical (unpaired) electrons. The van der Waals surface area contributed by atoms with E-state index in [0.29, 0.717) is 12.1 Å². The molecule has 0 saturated carbocycles. The molecule has 0 atom stereocenters. The molecule has 4 nitrogen and oxygen atoms in total. The van der Waals surface area contributed by atoms with Crippen molar-refractivity contribution < 1.29 is 9.53 Å². The van der Waals surface area contributed by atoms with E-state index < -0.39 is 0 Å². The molecule has 3 aromatic rings. The highest BCUT2D eigenvalue weighted by Crippen LogP contribution is 2.34. The monoisotopic (exact) mass is 396 g/mol. The maximum atomic E-state index is 12.8. The van der Waals surface area contributed by atoms with Crippen molar-refractivity contribution in [1.82, 2.24) is 10.3 Å². The van der Waals surface area contributed by atoms with E-state index in [4.69, 9.17) is 4.74 Å². The molecule has 138 valence electrons. The molecule has 0 unspecified atom stereocenters. The van der Waals surface area contributed by atoms with Gasteiger partial charge in [-0.15, -0.1) is 0 Å². The third-order valence-corrected chi connectivity index (χ3v) is 6.29. The second-order valence-corrected chi connectivity index (χ2v) is 8.78. The number of benzene rings is 2. The van der Waals surface area contributed by atoms with Crippen molar-refractivity contribution in [2.45, 2.75) is 24.3 Å². The van der Waals surface area contributed by atoms with Gasteiger partial charge < -0.3 is 10.1 Å². The lowest BCUT2D eigenvalue weighted by atomic mass is 10.0. The predicted molar refractivity (Wildman–Crippen MR) is 113 cm³/mol. The highest BCUT2D eigenvalue weighted by molar-refractivity contribution is 8.76. The lowest BCUT2D eigenvalue weighted by molar-refractivity contribution is 0.0952. The summed E-state index contributed by atoms with van der Waals surface area (Å²) in [5.74, 6) is 0.887. The number of nitrogens with one attached hydrogen (secondary N) is 1. The van der Waals surface area contributed by atoms with E-state index in [1.165, 1.54) is 5.56 Å². The topological polar surface area (TPSA) is 51.2 Å². The quantitative estimate of drug-likeness (QED) is 0.624. The second-order valence-electron chi connectivity index (χ2n) is 6.34. The Balaban J connectivity index is 1.54. The van der Waals surface area contributed by atoms with Gasteiger partial charge in [0, 0.05) is 28.6 Å². The molecule has 0 spiro atoms. The molecule has 4 rings (SSSR count). The number of aromatic nitrogens is 1. The third-order valence-electron chi connectivity index (χ3n) is 4.58. The maximum Gasteiger partial charge on any atom is 0.252 e. The molecule has 1 aliphatic heterocycles. The first kappa shape index (κ1) is 18.2. The van der Waals surface area contributed by atoms with Gasteiger partial charge in [-0.2, -0.15) is 0 Å². The van der Waals surface area contributed by atoms with Crippen LogP contribution in [0.25, 0.3) is 10.9 Å². The van der Waals surface area contributed by atoms with Gasteiger partial charge in [-0.25, -0.2) is 0 Å². The Labute approximate surface area is 166 Å². The number of nitrogens with zero attached hydrogens (tertiary/aromatic N) is 1. The molecule has 0 aliphatic carbocycles. The van der Waals surface area contributed by atoms with Crippen LogP contribution in [0.3, 0.4) is 0 Å². The summed E-state index contributed by atoms with van der Waals surface area (Å²) in [4.78, 5) is 18.4. The minimum atomic E-state index is -0.0809. The van der Waals surface area contributed by atoms with Crippen LogP contribution in [0.2, 0.25) is 0 Å². The van der Waals surface area contributed by atoms with Crippen molar-refractivity contribution in [3.63, 3.8) is 0 Å². The fourth-order valence-electron chi connectivity index (χ4n) is 3.30. The molecule has 1 amide bonds. The van der Waals surface area contributed by atoms with Gasteiger partial charge >= 0.3 is 0 Å². The summed E-state index contributed by atoms with van der Waals surface area (Å²) in [5.41, 5.74) is 3.84. The summed E-state index contributed by atoms with van der Waals surface area (Å²) in [6.45, 7) is 1.28. The SMILES string of the molecule is CSSc1ccc(C(=O)NCc2ccc3c(c2)CCCO3)c2cccnc12. The Morgan fingerprint density at radius 2 is 2.19 bits per heavy atom. The number of amides is 1. The zero-order valence-corrected chi connectivity index (χ0v) is 16.7. The zero-order valence-electron chi connectivity index (χ0n) is 15.0. The van der Waals surface area contributed by atoms with Crippen LogP contribution in [0.1, 0.15) is 27.9 Å². The number of carbonyl (C=O) groups excluding carboxylic acids is 1. The Kier molecular flexibility index (Phi) is 5.55. The van der Waals surface area contributed by atoms with Crippen LogP contribution in [0.5, 0.6) is 5.75 Å². The number of ether oxygens (including phenoxy) is 1. The minimum Gasteiger partial charge on any atom is -0.493 e. The molecule has 2 heterocycles. The van der Waals surface area contributed by atoms with Crippen LogP contribution in [0.15, 0.2) is 53.6 Å². The van der Waals surface area contributed by atoms with E-state index in [0.717, 1.165) is 46.6 Å². The van der Waals surface area contributed by atoms with Crippen LogP contribution >= 0.6 is 21.6 Å². The van der Waals surface area contributed by atoms with E-state index in [1.807, 2.05) is 42.7 Å². The summed E-state index contributed by atoms with van der Waals surface area (Å²) >= 11 is 0. The molecule has 1 aromatic heterocycles. The van der Waals surface area contributed by atoms with Gasteiger partial charge in [0.1, 0.15) is 5.75 Å². The summed E-state index contributed by atoms with van der Waals surface area (Å²) in [6.07, 6.45) is 5.87. The van der Waals surface area contributed by atoms with Gasteiger partial charge in [0.15, 0.2) is 0 Å². The number of fused-ring (bicyclic) bond motifs is 2. The lowest BCUT2D eigenvalue weighted by Crippen LogP contribution is -2.23. The first-order valence-electron chi connectivity index (χ1n) is 8.87. The smallest absolute Gasteiger partial charge is 0.252 e. The highest BCUT2D eigenvalue weighted by atomic mass is 33.1. The Morgan fingerprint density at radius 3 is 3.07 bits per heavy atom. The van der Waals surface area contributed by atoms with Crippen molar-refractivity contribution in [2.75, 3.05) is 12.9 Å². The summed E-state index contributed by atoms with van der Waals surface area (Å²) in [7, 11) is 3.33. The number of carbonyl (C=O) groups is 1. The highest BCUT2D eigenvalue weighted by Gasteiger charge is 2.14. The second kappa shape index (κ2) is 8.23. The Morgan fingerprint density at radius 1 is 1.26 bits per heavy atom. The fraction of sp³-hybridized carbons (Fsp3) is 0.238. The van der Waals surface area contributed by atoms with Gasteiger partial charge in [-0.05, 0) is 54.5 Å². The third kappa shape index (κ3) is 3.92. The molecule has 2 aromatic carbocycles. The van der Waals surface area contributed by atoms with E-state index in [9.17, 15) is 4.79 Å². The normalized spacial score (nSPS) is 13.1. The van der Waals surface area contributed by atoms with E-state index in [2.05, 4.69) is 16.4 Å². The number of hydrogen-bond donors (Lipinski definition) is 1. The lowest BCUT2D eigenvalue weighted by Gasteiger charge is -2.18. The van der Waals surface area contributed by atoms with Gasteiger partial charge in [0.25, 0.3) is 5.91 Å². The first-order valence-corrected chi connectivity index (χ1v) is 11.4. The predicted octanol–water partition coefficient (Wildman–Crippen LogP) is 4.86. The fourth-order valence-corrected chi connectivity index (χ4v) is 4.79. The molecule has 6 heteroatoms. The molecular formula is C21H20N2O2S2. The molecule has 1 aliphatic rings. The van der Waals surface area contributed by atoms with E-state index >= 15 is 0 Å². The Bertz CT molecular complexity index is 991. The largest absolute Gasteiger partial charge is 0.493 e. The van der Waals surface area contributed by atoms with Crippen LogP contribution in [0.4, 0.5) is 0 Å². The average molecular weight is 397 g/mol. The van der Waals surface area contributed by atoms with Gasteiger partial charge in [-0.3, -0.25) is 9.78 Å². The van der Waals surface area contributed by atoms with Gasteiger partial charge in [-0.1, -0.05) is 39.8 Å². The zero-order chi connectivity index (χ0) is 18.6. The van der Waals surface area contributed by atoms with Crippen molar-refractivity contribution >= 4 is 38.4 Å². The average Bonchev–Trinajstić information content (AvgIpc) is 2.72. The van der Waals surface area contributed by atoms with Crippen LogP contribution in [-0.4, -0.2) is 23.8 Å². The summed E-state index contributed by atoms with van der Waals surface area (Å²) < 4.78 is 5.65. The minimum absolute atomic E-state index is 0.0809. The number of pyridine rings is 1. The van der Waals surface area contributed by atoms with Crippen LogP contribution in [-0.2, 0) is 13.0 Å². The van der Waals surface area contributed by atoms with Gasteiger partial charge in [0.2, 0.25) is 0 Å². The van der Waals surface area contributed by atoms with Crippen molar-refractivity contribution in [2.24, 2.45) is 0 Å². The number of aryl methyl sites for hydroxylation is 1. The van der Waals surface area contributed by atoms with E-state index in [1.54, 1.807) is 27.8 Å².